The smallest absolute Gasteiger partial charge is 0.159 e. The summed E-state index contributed by atoms with van der Waals surface area (Å²) in [6, 6.07) is 5.04. The molecule has 2 aromatic carbocycles. The molecule has 0 nitrogen and oxygen atoms in total. The van der Waals surface area contributed by atoms with Crippen LogP contribution in [0.1, 0.15) is 60.8 Å². The Bertz CT molecular complexity index is 866. The van der Waals surface area contributed by atoms with Crippen LogP contribution in [-0.2, 0) is 6.42 Å². The van der Waals surface area contributed by atoms with Crippen molar-refractivity contribution in [2.75, 3.05) is 0 Å². The van der Waals surface area contributed by atoms with Gasteiger partial charge in [-0.05, 0) is 77.6 Å². The molecule has 1 saturated carbocycles. The summed E-state index contributed by atoms with van der Waals surface area (Å²) >= 11 is 0. The van der Waals surface area contributed by atoms with Crippen LogP contribution in [0.5, 0.6) is 0 Å². The lowest BCUT2D eigenvalue weighted by Gasteiger charge is -2.26. The number of benzene rings is 2. The van der Waals surface area contributed by atoms with E-state index in [1.165, 1.54) is 12.1 Å². The fraction of sp³-hybridized carbons (Fsp3) is 0.364. The average Bonchev–Trinajstić information content (AvgIpc) is 2.97. The minimum atomic E-state index is -0.955. The highest BCUT2D eigenvalue weighted by molar-refractivity contribution is 5.89. The van der Waals surface area contributed by atoms with Crippen molar-refractivity contribution >= 4 is 11.6 Å². The van der Waals surface area contributed by atoms with Gasteiger partial charge in [0.2, 0.25) is 0 Å². The molecule has 0 radical (unpaired) electrons. The molecular formula is C22H20F4. The fourth-order valence-corrected chi connectivity index (χ4v) is 4.22. The molecule has 0 aromatic heterocycles. The van der Waals surface area contributed by atoms with E-state index in [9.17, 15) is 17.6 Å². The lowest BCUT2D eigenvalue weighted by atomic mass is 9.79. The van der Waals surface area contributed by atoms with E-state index in [0.29, 0.717) is 28.2 Å². The number of rotatable bonds is 2. The summed E-state index contributed by atoms with van der Waals surface area (Å²) in [7, 11) is 0. The van der Waals surface area contributed by atoms with E-state index in [2.05, 4.69) is 6.92 Å². The second kappa shape index (κ2) is 6.57. The standard InChI is InChI=1S/C22H20F4/c1-12-2-4-13(5-3-12)16-10-20(25)22(21(26)11-16)17-6-14-8-18(23)19(24)9-15(14)7-17/h6,8-13H,2-5,7H2,1H3. The fourth-order valence-electron chi connectivity index (χ4n) is 4.22. The molecule has 0 atom stereocenters. The normalized spacial score (nSPS) is 22.3. The molecule has 0 spiro atoms. The minimum absolute atomic E-state index is 0.0880. The molecule has 0 heterocycles. The summed E-state index contributed by atoms with van der Waals surface area (Å²) in [6.45, 7) is 2.20. The molecule has 0 saturated heterocycles. The second-order valence-electron chi connectivity index (χ2n) is 7.63. The molecule has 2 aromatic rings. The first-order valence-corrected chi connectivity index (χ1v) is 9.10. The van der Waals surface area contributed by atoms with Crippen LogP contribution in [-0.4, -0.2) is 0 Å². The Hall–Kier alpha value is -2.10. The van der Waals surface area contributed by atoms with Crippen LogP contribution in [0.4, 0.5) is 17.6 Å². The molecule has 0 N–H and O–H groups in total. The van der Waals surface area contributed by atoms with Crippen molar-refractivity contribution in [3.8, 4) is 0 Å². The highest BCUT2D eigenvalue weighted by Crippen LogP contribution is 2.39. The largest absolute Gasteiger partial charge is 0.206 e. The van der Waals surface area contributed by atoms with Gasteiger partial charge in [0.25, 0.3) is 0 Å². The van der Waals surface area contributed by atoms with Crippen LogP contribution in [0.2, 0.25) is 0 Å². The van der Waals surface area contributed by atoms with E-state index in [0.717, 1.165) is 37.8 Å². The van der Waals surface area contributed by atoms with Crippen LogP contribution >= 0.6 is 0 Å². The SMILES string of the molecule is CC1CCC(c2cc(F)c(C3=Cc4cc(F)c(F)cc4C3)c(F)c2)CC1. The number of allylic oxidation sites excluding steroid dienone is 1. The van der Waals surface area contributed by atoms with Gasteiger partial charge in [-0.25, -0.2) is 17.6 Å². The van der Waals surface area contributed by atoms with E-state index < -0.39 is 23.3 Å². The Morgan fingerprint density at radius 2 is 1.38 bits per heavy atom. The van der Waals surface area contributed by atoms with Gasteiger partial charge in [0.15, 0.2) is 11.6 Å². The van der Waals surface area contributed by atoms with Crippen LogP contribution in [0.15, 0.2) is 24.3 Å². The predicted molar refractivity (Wildman–Crippen MR) is 94.7 cm³/mol. The Morgan fingerprint density at radius 1 is 0.769 bits per heavy atom. The van der Waals surface area contributed by atoms with Crippen LogP contribution in [0.3, 0.4) is 0 Å². The number of hydrogen-bond donors (Lipinski definition) is 0. The van der Waals surface area contributed by atoms with Gasteiger partial charge in [0, 0.05) is 5.56 Å². The van der Waals surface area contributed by atoms with Crippen molar-refractivity contribution in [2.24, 2.45) is 5.92 Å². The van der Waals surface area contributed by atoms with E-state index >= 15 is 0 Å². The van der Waals surface area contributed by atoms with Crippen molar-refractivity contribution in [2.45, 2.75) is 44.9 Å². The van der Waals surface area contributed by atoms with E-state index in [1.54, 1.807) is 6.08 Å². The first-order valence-electron chi connectivity index (χ1n) is 9.10. The van der Waals surface area contributed by atoms with Crippen LogP contribution in [0.25, 0.3) is 11.6 Å². The third-order valence-corrected chi connectivity index (χ3v) is 5.77. The van der Waals surface area contributed by atoms with Gasteiger partial charge in [-0.15, -0.1) is 0 Å². The zero-order valence-electron chi connectivity index (χ0n) is 14.6. The molecule has 2 aliphatic rings. The molecule has 1 fully saturated rings. The molecule has 136 valence electrons. The molecule has 0 amide bonds. The lowest BCUT2D eigenvalue weighted by molar-refractivity contribution is 0.346. The highest BCUT2D eigenvalue weighted by atomic mass is 19.2. The van der Waals surface area contributed by atoms with Crippen LogP contribution < -0.4 is 0 Å². The van der Waals surface area contributed by atoms with E-state index in [1.807, 2.05) is 0 Å². The zero-order chi connectivity index (χ0) is 18.4. The molecule has 2 aliphatic carbocycles. The number of fused-ring (bicyclic) bond motifs is 1. The topological polar surface area (TPSA) is 0 Å². The van der Waals surface area contributed by atoms with Gasteiger partial charge < -0.3 is 0 Å². The quantitative estimate of drug-likeness (QED) is 0.527. The lowest BCUT2D eigenvalue weighted by Crippen LogP contribution is -2.12. The maximum Gasteiger partial charge on any atom is 0.159 e. The van der Waals surface area contributed by atoms with Gasteiger partial charge in [0.1, 0.15) is 11.6 Å². The Morgan fingerprint density at radius 3 is 2.04 bits per heavy atom. The maximum atomic E-state index is 14.7. The van der Waals surface area contributed by atoms with Gasteiger partial charge in [0.05, 0.1) is 0 Å². The average molecular weight is 360 g/mol. The van der Waals surface area contributed by atoms with Gasteiger partial charge >= 0.3 is 0 Å². The van der Waals surface area contributed by atoms with Crippen LogP contribution in [0, 0.1) is 29.2 Å². The van der Waals surface area contributed by atoms with E-state index in [4.69, 9.17) is 0 Å². The molecule has 0 aliphatic heterocycles. The maximum absolute atomic E-state index is 14.7. The summed E-state index contributed by atoms with van der Waals surface area (Å²) in [5.74, 6) is -2.23. The summed E-state index contributed by atoms with van der Waals surface area (Å²) in [6.07, 6.45) is 5.79. The first kappa shape index (κ1) is 17.3. The third kappa shape index (κ3) is 3.06. The Labute approximate surface area is 150 Å². The third-order valence-electron chi connectivity index (χ3n) is 5.77. The number of hydrogen-bond acceptors (Lipinski definition) is 0. The summed E-state index contributed by atoms with van der Waals surface area (Å²) < 4.78 is 56.3. The van der Waals surface area contributed by atoms with E-state index in [-0.39, 0.29) is 17.9 Å². The van der Waals surface area contributed by atoms with Crippen molar-refractivity contribution in [1.82, 2.24) is 0 Å². The summed E-state index contributed by atoms with van der Waals surface area (Å²) in [5.41, 5.74) is 2.06. The predicted octanol–water partition coefficient (Wildman–Crippen LogP) is 6.63. The van der Waals surface area contributed by atoms with Crippen molar-refractivity contribution < 1.29 is 17.6 Å². The van der Waals surface area contributed by atoms with Crippen molar-refractivity contribution in [1.29, 1.82) is 0 Å². The zero-order valence-corrected chi connectivity index (χ0v) is 14.6. The number of halogens is 4. The second-order valence-corrected chi connectivity index (χ2v) is 7.63. The Balaban J connectivity index is 1.65. The van der Waals surface area contributed by atoms with Gasteiger partial charge in [-0.1, -0.05) is 25.8 Å². The minimum Gasteiger partial charge on any atom is -0.206 e. The monoisotopic (exact) mass is 360 g/mol. The molecule has 4 rings (SSSR count). The summed E-state index contributed by atoms with van der Waals surface area (Å²) in [4.78, 5) is 0. The highest BCUT2D eigenvalue weighted by Gasteiger charge is 2.25. The summed E-state index contributed by atoms with van der Waals surface area (Å²) in [5, 5.41) is 0. The molecular weight excluding hydrogens is 340 g/mol. The Kier molecular flexibility index (Phi) is 4.37. The molecule has 0 unspecified atom stereocenters. The van der Waals surface area contributed by atoms with Crippen molar-refractivity contribution in [3.05, 3.63) is 69.8 Å². The van der Waals surface area contributed by atoms with Gasteiger partial charge in [-0.3, -0.25) is 0 Å². The van der Waals surface area contributed by atoms with Crippen molar-refractivity contribution in [3.63, 3.8) is 0 Å². The molecule has 26 heavy (non-hydrogen) atoms. The molecule has 4 heteroatoms. The van der Waals surface area contributed by atoms with Gasteiger partial charge in [-0.2, -0.15) is 0 Å². The molecule has 0 bridgehead atoms. The first-order chi connectivity index (χ1) is 12.4.